The largest absolute Gasteiger partial charge is 0.399 e. The molecule has 0 unspecified atom stereocenters. The van der Waals surface area contributed by atoms with Gasteiger partial charge in [0.1, 0.15) is 0 Å². The van der Waals surface area contributed by atoms with E-state index in [1.807, 2.05) is 24.3 Å². The van der Waals surface area contributed by atoms with E-state index < -0.39 is 23.6 Å². The van der Waals surface area contributed by atoms with Crippen LogP contribution in [0.25, 0.3) is 56.0 Å². The second-order valence-corrected chi connectivity index (χ2v) is 14.3. The number of anilines is 4. The summed E-state index contributed by atoms with van der Waals surface area (Å²) in [4.78, 5) is 75.6. The number of carbonyl (C=O) groups excluding carboxylic acids is 4. The normalized spacial score (nSPS) is 13.2. The van der Waals surface area contributed by atoms with E-state index in [9.17, 15) is 19.2 Å². The molecule has 8 aromatic rings. The van der Waals surface area contributed by atoms with Crippen molar-refractivity contribution in [1.29, 1.82) is 0 Å². The molecular weight excluding hydrogens is 751 g/mol. The summed E-state index contributed by atoms with van der Waals surface area (Å²) >= 11 is 0. The van der Waals surface area contributed by atoms with Crippen molar-refractivity contribution in [3.8, 4) is 56.0 Å². The molecule has 10 rings (SSSR count). The number of nitrogens with zero attached hydrogens (tertiary/aromatic N) is 5. The molecule has 0 aliphatic carbocycles. The number of nitrogen functional groups attached to an aromatic ring is 2. The third kappa shape index (κ3) is 5.80. The van der Waals surface area contributed by atoms with Crippen molar-refractivity contribution >= 4 is 46.4 Å². The third-order valence-electron chi connectivity index (χ3n) is 10.8. The zero-order valence-corrected chi connectivity index (χ0v) is 31.6. The lowest BCUT2D eigenvalue weighted by Crippen LogP contribution is -2.33. The Morgan fingerprint density at radius 3 is 1.27 bits per heavy atom. The zero-order valence-electron chi connectivity index (χ0n) is 31.6. The van der Waals surface area contributed by atoms with Gasteiger partial charge in [-0.25, -0.2) is 9.80 Å². The van der Waals surface area contributed by atoms with Crippen LogP contribution in [-0.2, 0) is 0 Å². The van der Waals surface area contributed by atoms with Gasteiger partial charge >= 0.3 is 0 Å². The number of pyridine rings is 3. The van der Waals surface area contributed by atoms with Gasteiger partial charge in [0.25, 0.3) is 23.6 Å². The molecule has 2 aliphatic heterocycles. The summed E-state index contributed by atoms with van der Waals surface area (Å²) in [6, 6.07) is 42.2. The number of fused-ring (bicyclic) bond motifs is 2. The minimum Gasteiger partial charge on any atom is -0.399 e. The summed E-state index contributed by atoms with van der Waals surface area (Å²) in [6.07, 6.45) is 4.78. The minimum absolute atomic E-state index is 0.166. The highest BCUT2D eigenvalue weighted by atomic mass is 16.2. The first-order chi connectivity index (χ1) is 29.3. The monoisotopic (exact) mass is 781 g/mol. The van der Waals surface area contributed by atoms with Crippen LogP contribution >= 0.6 is 0 Å². The first-order valence-corrected chi connectivity index (χ1v) is 19.0. The van der Waals surface area contributed by atoms with E-state index in [1.165, 1.54) is 0 Å². The summed E-state index contributed by atoms with van der Waals surface area (Å²) in [7, 11) is 0. The molecule has 2 aliphatic rings. The molecule has 3 aromatic heterocycles. The zero-order chi connectivity index (χ0) is 41.1. The molecule has 0 spiro atoms. The average Bonchev–Trinajstić information content (AvgIpc) is 3.69. The number of carbonyl (C=O) groups is 4. The van der Waals surface area contributed by atoms with Crippen LogP contribution in [0.4, 0.5) is 22.7 Å². The molecule has 4 N–H and O–H groups in total. The third-order valence-corrected chi connectivity index (χ3v) is 10.8. The van der Waals surface area contributed by atoms with Crippen molar-refractivity contribution < 1.29 is 19.2 Å². The van der Waals surface area contributed by atoms with Gasteiger partial charge in [-0.3, -0.25) is 34.1 Å². The van der Waals surface area contributed by atoms with Crippen LogP contribution in [0, 0.1) is 0 Å². The van der Waals surface area contributed by atoms with Crippen LogP contribution in [0.2, 0.25) is 0 Å². The Bertz CT molecular complexity index is 3070. The molecule has 11 nitrogen and oxygen atoms in total. The number of hydrogen-bond acceptors (Lipinski definition) is 9. The van der Waals surface area contributed by atoms with Gasteiger partial charge in [0.15, 0.2) is 0 Å². The Kier molecular flexibility index (Phi) is 8.43. The molecule has 0 saturated heterocycles. The van der Waals surface area contributed by atoms with Gasteiger partial charge < -0.3 is 11.5 Å². The van der Waals surface area contributed by atoms with Crippen LogP contribution < -0.4 is 21.3 Å². The molecule has 286 valence electrons. The molecular formula is C49H31N7O4. The van der Waals surface area contributed by atoms with E-state index in [2.05, 4.69) is 4.98 Å². The molecule has 0 bridgehead atoms. The Morgan fingerprint density at radius 1 is 0.367 bits per heavy atom. The smallest absolute Gasteiger partial charge is 0.266 e. The maximum atomic E-state index is 14.9. The number of rotatable bonds is 7. The van der Waals surface area contributed by atoms with E-state index in [0.717, 1.165) is 32.1 Å². The molecule has 0 atom stereocenters. The minimum atomic E-state index is -0.572. The van der Waals surface area contributed by atoms with Gasteiger partial charge in [-0.05, 0) is 113 Å². The molecule has 0 saturated carbocycles. The SMILES string of the molecule is Nc1ccc(-c2ccc3c(c2)C(=O)N(c2cc(-c4ccccn4)c(N4C(=O)c5ccc(-c6ccc(N)cc6)cc5C4=O)c(-c4ccccn4)c2-c2ccccn2)C3=O)cc1. The van der Waals surface area contributed by atoms with Crippen LogP contribution in [0.5, 0.6) is 0 Å². The Morgan fingerprint density at radius 2 is 0.783 bits per heavy atom. The molecule has 0 fully saturated rings. The average molecular weight is 782 g/mol. The highest BCUT2D eigenvalue weighted by molar-refractivity contribution is 6.39. The van der Waals surface area contributed by atoms with Crippen molar-refractivity contribution in [2.75, 3.05) is 21.3 Å². The van der Waals surface area contributed by atoms with Gasteiger partial charge in [0.2, 0.25) is 0 Å². The summed E-state index contributed by atoms with van der Waals surface area (Å²) in [6.45, 7) is 0. The maximum Gasteiger partial charge on any atom is 0.266 e. The van der Waals surface area contributed by atoms with Crippen molar-refractivity contribution in [2.45, 2.75) is 0 Å². The fourth-order valence-electron chi connectivity index (χ4n) is 7.93. The van der Waals surface area contributed by atoms with E-state index in [-0.39, 0.29) is 33.6 Å². The lowest BCUT2D eigenvalue weighted by molar-refractivity contribution is 0.0909. The summed E-state index contributed by atoms with van der Waals surface area (Å²) in [5.74, 6) is -2.26. The Balaban J connectivity index is 1.24. The topological polar surface area (TPSA) is 165 Å². The number of benzene rings is 5. The number of nitrogens with two attached hydrogens (primary N) is 2. The molecule has 4 amide bonds. The van der Waals surface area contributed by atoms with Gasteiger partial charge in [-0.2, -0.15) is 0 Å². The van der Waals surface area contributed by atoms with Crippen LogP contribution in [-0.4, -0.2) is 38.6 Å². The standard InChI is InChI=1S/C49H31N7O4/c50-32-16-10-28(11-17-32)30-14-20-34-36(25-30)48(59)55(46(34)57)42-27-38(39-7-1-4-22-52-39)45(44(41-9-3-6-24-54-41)43(42)40-8-2-5-23-53-40)56-47(58)35-21-15-31(26-37(35)49(56)60)29-12-18-33(51)19-13-29/h1-27H,50-51H2. The van der Waals surface area contributed by atoms with E-state index in [0.29, 0.717) is 45.1 Å². The predicted molar refractivity (Wildman–Crippen MR) is 231 cm³/mol. The lowest BCUT2D eigenvalue weighted by Gasteiger charge is -2.28. The first kappa shape index (κ1) is 35.8. The van der Waals surface area contributed by atoms with Crippen molar-refractivity contribution in [1.82, 2.24) is 15.0 Å². The second kappa shape index (κ2) is 14.1. The fourth-order valence-corrected chi connectivity index (χ4v) is 7.93. The fraction of sp³-hybridized carbons (Fsp3) is 0. The Labute approximate surface area is 343 Å². The predicted octanol–water partition coefficient (Wildman–Crippen LogP) is 8.97. The van der Waals surface area contributed by atoms with Gasteiger partial charge in [0.05, 0.1) is 50.7 Å². The Hall–Kier alpha value is -8.57. The second-order valence-electron chi connectivity index (χ2n) is 14.3. The van der Waals surface area contributed by atoms with E-state index >= 15 is 0 Å². The number of imide groups is 2. The molecule has 0 radical (unpaired) electrons. The molecule has 11 heteroatoms. The van der Waals surface area contributed by atoms with Gasteiger partial charge in [-0.15, -0.1) is 0 Å². The van der Waals surface area contributed by atoms with Gasteiger partial charge in [0, 0.05) is 46.7 Å². The van der Waals surface area contributed by atoms with Crippen LogP contribution in [0.3, 0.4) is 0 Å². The summed E-state index contributed by atoms with van der Waals surface area (Å²) in [5.41, 5.74) is 19.3. The van der Waals surface area contributed by atoms with Crippen LogP contribution in [0.1, 0.15) is 41.4 Å². The lowest BCUT2D eigenvalue weighted by atomic mass is 9.90. The molecule has 5 aromatic carbocycles. The number of amides is 4. The highest BCUT2D eigenvalue weighted by Gasteiger charge is 2.44. The number of hydrogen-bond donors (Lipinski definition) is 2. The summed E-state index contributed by atoms with van der Waals surface area (Å²) < 4.78 is 0. The van der Waals surface area contributed by atoms with Crippen molar-refractivity contribution in [3.05, 3.63) is 186 Å². The summed E-state index contributed by atoms with van der Waals surface area (Å²) in [5, 5.41) is 0. The van der Waals surface area contributed by atoms with E-state index in [1.54, 1.807) is 140 Å². The molecule has 60 heavy (non-hydrogen) atoms. The quantitative estimate of drug-likeness (QED) is 0.119. The number of aromatic nitrogens is 3. The maximum absolute atomic E-state index is 14.9. The van der Waals surface area contributed by atoms with Crippen molar-refractivity contribution in [3.63, 3.8) is 0 Å². The van der Waals surface area contributed by atoms with E-state index in [4.69, 9.17) is 21.4 Å². The van der Waals surface area contributed by atoms with Gasteiger partial charge in [-0.1, -0.05) is 54.6 Å². The highest BCUT2D eigenvalue weighted by Crippen LogP contribution is 2.52. The molecule has 5 heterocycles. The first-order valence-electron chi connectivity index (χ1n) is 19.0. The van der Waals surface area contributed by atoms with Crippen LogP contribution in [0.15, 0.2) is 164 Å². The van der Waals surface area contributed by atoms with Crippen molar-refractivity contribution in [2.24, 2.45) is 0 Å².